The van der Waals surface area contributed by atoms with E-state index >= 15 is 0 Å². The van der Waals surface area contributed by atoms with Gasteiger partial charge >= 0.3 is 5.97 Å². The number of carbonyl (C=O) groups is 1. The normalized spacial score (nSPS) is 54.5. The largest absolute Gasteiger partial charge is 0.481 e. The van der Waals surface area contributed by atoms with Gasteiger partial charge in [-0.25, -0.2) is 0 Å². The van der Waals surface area contributed by atoms with Crippen LogP contribution >= 0.6 is 0 Å². The summed E-state index contributed by atoms with van der Waals surface area (Å²) in [6.45, 7) is 9.12. The van der Waals surface area contributed by atoms with Crippen molar-refractivity contribution in [1.82, 2.24) is 0 Å². The summed E-state index contributed by atoms with van der Waals surface area (Å²) >= 11 is 0. The van der Waals surface area contributed by atoms with Crippen LogP contribution in [0.4, 0.5) is 0 Å². The molecule has 0 saturated heterocycles. The number of carboxylic acids is 1. The van der Waals surface area contributed by atoms with Crippen LogP contribution in [-0.4, -0.2) is 33.5 Å². The predicted octanol–water partition coefficient (Wildman–Crippen LogP) is 5.11. The third kappa shape index (κ3) is 3.36. The Balaban J connectivity index is 1.67. The van der Waals surface area contributed by atoms with E-state index in [1.165, 1.54) is 0 Å². The molecule has 30 heavy (non-hydrogen) atoms. The minimum absolute atomic E-state index is 0.00985. The second kappa shape index (κ2) is 8.06. The van der Waals surface area contributed by atoms with Crippen LogP contribution in [0.1, 0.15) is 93.3 Å². The summed E-state index contributed by atoms with van der Waals surface area (Å²) in [4.78, 5) is 11.1. The standard InChI is InChI=1S/C26H44O4/c1-5-17-21-14-16(27)10-12-26(21,4)20-11-13-25(3)18(15(2)6-9-22(28)29)7-8-19(25)23(20)24(17)30/h15-21,23-24,27,30H,5-14H2,1-4H3,(H,28,29)/t15-,16-,17-,18-,19+,20+,21+,23+,24-,25-,26-/m1/s1/i24D. The second-order valence-corrected chi connectivity index (χ2v) is 11.9. The lowest BCUT2D eigenvalue weighted by Crippen LogP contribution is -2.62. The lowest BCUT2D eigenvalue weighted by molar-refractivity contribution is -0.203. The number of fused-ring (bicyclic) bond motifs is 5. The molecule has 0 unspecified atom stereocenters. The molecule has 4 aliphatic carbocycles. The first-order chi connectivity index (χ1) is 14.5. The summed E-state index contributed by atoms with van der Waals surface area (Å²) in [5.74, 6) is 0.941. The fourth-order valence-corrected chi connectivity index (χ4v) is 9.19. The van der Waals surface area contributed by atoms with Crippen LogP contribution in [0.5, 0.6) is 0 Å². The summed E-state index contributed by atoms with van der Waals surface area (Å²) < 4.78 is 9.33. The molecule has 0 aromatic rings. The van der Waals surface area contributed by atoms with Gasteiger partial charge in [-0.2, -0.15) is 0 Å². The Hall–Kier alpha value is -0.610. The number of aliphatic hydroxyl groups is 2. The molecule has 4 rings (SSSR count). The quantitative estimate of drug-likeness (QED) is 0.576. The number of aliphatic hydroxyl groups excluding tert-OH is 1. The van der Waals surface area contributed by atoms with Crippen LogP contribution in [0.2, 0.25) is 0 Å². The van der Waals surface area contributed by atoms with Crippen LogP contribution in [0.25, 0.3) is 0 Å². The molecule has 0 amide bonds. The smallest absolute Gasteiger partial charge is 0.303 e. The Morgan fingerprint density at radius 2 is 1.73 bits per heavy atom. The van der Waals surface area contributed by atoms with Crippen molar-refractivity contribution in [3.8, 4) is 0 Å². The van der Waals surface area contributed by atoms with Gasteiger partial charge in [0.25, 0.3) is 0 Å². The van der Waals surface area contributed by atoms with Gasteiger partial charge in [0.1, 0.15) is 0 Å². The molecule has 11 atom stereocenters. The van der Waals surface area contributed by atoms with E-state index in [0.717, 1.165) is 57.8 Å². The van der Waals surface area contributed by atoms with E-state index in [9.17, 15) is 16.4 Å². The van der Waals surface area contributed by atoms with Crippen molar-refractivity contribution in [3.63, 3.8) is 0 Å². The topological polar surface area (TPSA) is 77.8 Å². The molecule has 172 valence electrons. The fourth-order valence-electron chi connectivity index (χ4n) is 9.19. The second-order valence-electron chi connectivity index (χ2n) is 11.9. The highest BCUT2D eigenvalue weighted by Gasteiger charge is 2.64. The van der Waals surface area contributed by atoms with Crippen LogP contribution in [0.15, 0.2) is 0 Å². The summed E-state index contributed by atoms with van der Waals surface area (Å²) in [6, 6.07) is 0. The van der Waals surface area contributed by atoms with E-state index in [4.69, 9.17) is 5.11 Å². The Morgan fingerprint density at radius 1 is 1.07 bits per heavy atom. The van der Waals surface area contributed by atoms with E-state index in [0.29, 0.717) is 23.7 Å². The molecular weight excluding hydrogens is 376 g/mol. The van der Waals surface area contributed by atoms with Gasteiger partial charge in [-0.05, 0) is 104 Å². The van der Waals surface area contributed by atoms with Crippen LogP contribution in [-0.2, 0) is 4.79 Å². The van der Waals surface area contributed by atoms with Crippen molar-refractivity contribution >= 4 is 5.97 Å². The maximum Gasteiger partial charge on any atom is 0.303 e. The van der Waals surface area contributed by atoms with Crippen molar-refractivity contribution in [2.45, 2.75) is 104 Å². The lowest BCUT2D eigenvalue weighted by Gasteiger charge is -2.64. The van der Waals surface area contributed by atoms with Gasteiger partial charge in [0.15, 0.2) is 0 Å². The van der Waals surface area contributed by atoms with Gasteiger partial charge in [0, 0.05) is 6.42 Å². The van der Waals surface area contributed by atoms with Crippen LogP contribution in [0, 0.1) is 52.3 Å². The maximum atomic E-state index is 11.8. The first-order valence-electron chi connectivity index (χ1n) is 13.1. The van der Waals surface area contributed by atoms with Crippen molar-refractivity contribution in [2.24, 2.45) is 52.3 Å². The van der Waals surface area contributed by atoms with E-state index in [-0.39, 0.29) is 41.1 Å². The number of hydrogen-bond acceptors (Lipinski definition) is 3. The molecule has 0 heterocycles. The molecule has 0 aromatic carbocycles. The zero-order valence-corrected chi connectivity index (χ0v) is 19.4. The summed E-state index contributed by atoms with van der Waals surface area (Å²) in [5.41, 5.74) is 0.190. The fraction of sp³-hybridized carbons (Fsp3) is 0.962. The van der Waals surface area contributed by atoms with Crippen LogP contribution in [0.3, 0.4) is 0 Å². The van der Waals surface area contributed by atoms with E-state index < -0.39 is 12.0 Å². The molecular formula is C26H44O4. The first-order valence-corrected chi connectivity index (χ1v) is 12.6. The van der Waals surface area contributed by atoms with Crippen molar-refractivity contribution in [1.29, 1.82) is 0 Å². The highest BCUT2D eigenvalue weighted by atomic mass is 16.4. The molecule has 4 heteroatoms. The van der Waals surface area contributed by atoms with E-state index in [2.05, 4.69) is 27.7 Å². The molecule has 0 aliphatic heterocycles. The van der Waals surface area contributed by atoms with Crippen molar-refractivity contribution in [2.75, 3.05) is 0 Å². The Kier molecular flexibility index (Phi) is 5.71. The highest BCUT2D eigenvalue weighted by molar-refractivity contribution is 5.66. The minimum Gasteiger partial charge on any atom is -0.481 e. The molecule has 0 radical (unpaired) electrons. The SMILES string of the molecule is [2H][C@]1(O)[C@@H]2[C@H](CC[C@]3(C)[C@@H]([C@H](C)CCC(=O)O)CC[C@@H]23)[C@@]2(C)CC[C@@H](O)C[C@H]2[C@H]1CC. The first kappa shape index (κ1) is 21.2. The summed E-state index contributed by atoms with van der Waals surface area (Å²) in [5, 5.41) is 31.4. The monoisotopic (exact) mass is 421 g/mol. The Morgan fingerprint density at radius 3 is 2.40 bits per heavy atom. The van der Waals surface area contributed by atoms with E-state index in [1.54, 1.807) is 0 Å². The summed E-state index contributed by atoms with van der Waals surface area (Å²) in [7, 11) is 0. The third-order valence-corrected chi connectivity index (χ3v) is 10.7. The average molecular weight is 422 g/mol. The predicted molar refractivity (Wildman–Crippen MR) is 118 cm³/mol. The lowest BCUT2D eigenvalue weighted by atomic mass is 9.41. The van der Waals surface area contributed by atoms with E-state index in [1.807, 2.05) is 0 Å². The van der Waals surface area contributed by atoms with Gasteiger partial charge in [0.05, 0.1) is 13.6 Å². The number of aliphatic carboxylic acids is 1. The van der Waals surface area contributed by atoms with Gasteiger partial charge in [-0.15, -0.1) is 0 Å². The number of rotatable bonds is 5. The molecule has 4 fully saturated rings. The average Bonchev–Trinajstić information content (AvgIpc) is 3.04. The van der Waals surface area contributed by atoms with Gasteiger partial charge in [0.2, 0.25) is 0 Å². The molecule has 0 aromatic heterocycles. The molecule has 4 nitrogen and oxygen atoms in total. The number of hydrogen-bond donors (Lipinski definition) is 3. The molecule has 4 aliphatic rings. The van der Waals surface area contributed by atoms with Crippen molar-refractivity contribution in [3.05, 3.63) is 0 Å². The van der Waals surface area contributed by atoms with Gasteiger partial charge in [-0.1, -0.05) is 34.1 Å². The van der Waals surface area contributed by atoms with Crippen LogP contribution < -0.4 is 0 Å². The molecule has 3 N–H and O–H groups in total. The Labute approximate surface area is 184 Å². The number of carboxylic acid groups (broad SMARTS) is 1. The zero-order valence-electron chi connectivity index (χ0n) is 20.4. The maximum absolute atomic E-state index is 11.8. The van der Waals surface area contributed by atoms with Crippen molar-refractivity contribution < 1.29 is 21.5 Å². The molecule has 4 saturated carbocycles. The zero-order chi connectivity index (χ0) is 22.8. The third-order valence-electron chi connectivity index (χ3n) is 10.7. The molecule has 0 bridgehead atoms. The van der Waals surface area contributed by atoms with Gasteiger partial charge in [-0.3, -0.25) is 4.79 Å². The van der Waals surface area contributed by atoms with Gasteiger partial charge < -0.3 is 15.3 Å². The minimum atomic E-state index is -1.44. The Bertz CT molecular complexity index is 695. The molecule has 0 spiro atoms. The highest BCUT2D eigenvalue weighted by Crippen LogP contribution is 2.69. The summed E-state index contributed by atoms with van der Waals surface area (Å²) in [6.07, 6.45) is 6.93.